The molecule has 0 bridgehead atoms. The molecule has 2 aromatic carbocycles. The number of carbonyl (C=O) groups excluding carboxylic acids is 1. The molecule has 2 aromatic heterocycles. The van der Waals surface area contributed by atoms with Crippen LogP contribution in [-0.4, -0.2) is 45.0 Å². The summed E-state index contributed by atoms with van der Waals surface area (Å²) in [6, 6.07) is 17.6. The van der Waals surface area contributed by atoms with Crippen molar-refractivity contribution in [2.24, 2.45) is 0 Å². The van der Waals surface area contributed by atoms with Gasteiger partial charge in [-0.2, -0.15) is 0 Å². The fourth-order valence-electron chi connectivity index (χ4n) is 4.46. The number of amides is 1. The van der Waals surface area contributed by atoms with Crippen molar-refractivity contribution in [3.63, 3.8) is 0 Å². The summed E-state index contributed by atoms with van der Waals surface area (Å²) in [4.78, 5) is 25.3. The van der Waals surface area contributed by atoms with Gasteiger partial charge in [0.15, 0.2) is 5.65 Å². The number of carbonyl (C=O) groups is 1. The number of likely N-dealkylation sites (tertiary alicyclic amines) is 1. The highest BCUT2D eigenvalue weighted by Crippen LogP contribution is 2.28. The van der Waals surface area contributed by atoms with Crippen LogP contribution in [0.2, 0.25) is 0 Å². The molecule has 164 valence electrons. The number of hydrogen-bond donors (Lipinski definition) is 2. The molecule has 1 aliphatic rings. The lowest BCUT2D eigenvalue weighted by Crippen LogP contribution is -2.32. The largest absolute Gasteiger partial charge is 0.384 e. The Morgan fingerprint density at radius 3 is 2.34 bits per heavy atom. The average Bonchev–Trinajstić information content (AvgIpc) is 3.11. The topological polar surface area (TPSA) is 89.1 Å². The van der Waals surface area contributed by atoms with Gasteiger partial charge in [-0.15, -0.1) is 0 Å². The van der Waals surface area contributed by atoms with Crippen molar-refractivity contribution in [2.45, 2.75) is 32.4 Å². The van der Waals surface area contributed by atoms with Gasteiger partial charge < -0.3 is 20.5 Å². The Balaban J connectivity index is 1.50. The van der Waals surface area contributed by atoms with Crippen LogP contribution in [0.15, 0.2) is 54.6 Å². The number of nitrogens with two attached hydrogens (primary N) is 1. The summed E-state index contributed by atoms with van der Waals surface area (Å²) in [6.45, 7) is 4.21. The smallest absolute Gasteiger partial charge is 0.257 e. The Bertz CT molecular complexity index is 1240. The van der Waals surface area contributed by atoms with Crippen molar-refractivity contribution in [2.75, 3.05) is 25.4 Å². The highest BCUT2D eigenvalue weighted by atomic mass is 16.1. The monoisotopic (exact) mass is 428 g/mol. The summed E-state index contributed by atoms with van der Waals surface area (Å²) >= 11 is 0. The second-order valence-electron chi connectivity index (χ2n) is 8.37. The lowest BCUT2D eigenvalue weighted by Gasteiger charge is -2.26. The lowest BCUT2D eigenvalue weighted by molar-refractivity contribution is 0.0953. The van der Waals surface area contributed by atoms with Crippen LogP contribution in [0.5, 0.6) is 0 Å². The molecule has 5 rings (SSSR count). The molecule has 1 fully saturated rings. The quantitative estimate of drug-likeness (QED) is 0.490. The van der Waals surface area contributed by atoms with E-state index in [1.54, 1.807) is 0 Å². The number of para-hydroxylation sites is 2. The fraction of sp³-hybridized carbons (Fsp3) is 0.320. The van der Waals surface area contributed by atoms with E-state index in [4.69, 9.17) is 15.7 Å². The van der Waals surface area contributed by atoms with E-state index in [1.807, 2.05) is 59.2 Å². The normalized spacial score (nSPS) is 14.8. The molecule has 1 aliphatic heterocycles. The van der Waals surface area contributed by atoms with Gasteiger partial charge in [-0.25, -0.2) is 9.97 Å². The maximum atomic E-state index is 13.2. The van der Waals surface area contributed by atoms with E-state index >= 15 is 0 Å². The van der Waals surface area contributed by atoms with Gasteiger partial charge in [-0.1, -0.05) is 48.9 Å². The number of piperidine rings is 1. The molecular weight excluding hydrogens is 400 g/mol. The predicted molar refractivity (Wildman–Crippen MR) is 127 cm³/mol. The first-order chi connectivity index (χ1) is 15.7. The molecule has 0 unspecified atom stereocenters. The zero-order valence-corrected chi connectivity index (χ0v) is 18.1. The molecule has 0 atom stereocenters. The van der Waals surface area contributed by atoms with Gasteiger partial charge in [-0.05, 0) is 43.6 Å². The molecule has 32 heavy (non-hydrogen) atoms. The Morgan fingerprint density at radius 2 is 1.59 bits per heavy atom. The second-order valence-corrected chi connectivity index (χ2v) is 8.37. The zero-order valence-electron chi connectivity index (χ0n) is 18.1. The minimum atomic E-state index is -0.224. The number of rotatable bonds is 6. The van der Waals surface area contributed by atoms with Crippen LogP contribution >= 0.6 is 0 Å². The Morgan fingerprint density at radius 1 is 0.906 bits per heavy atom. The minimum absolute atomic E-state index is 0.224. The maximum absolute atomic E-state index is 13.2. The number of nitrogens with zero attached hydrogens (tertiary/aromatic N) is 4. The highest BCUT2D eigenvalue weighted by molar-refractivity contribution is 6.10. The zero-order chi connectivity index (χ0) is 21.9. The first kappa shape index (κ1) is 20.5. The Hall–Kier alpha value is -3.45. The van der Waals surface area contributed by atoms with Gasteiger partial charge >= 0.3 is 0 Å². The van der Waals surface area contributed by atoms with Gasteiger partial charge in [0.2, 0.25) is 0 Å². The van der Waals surface area contributed by atoms with Crippen LogP contribution in [-0.2, 0) is 13.1 Å². The van der Waals surface area contributed by atoms with Crippen molar-refractivity contribution in [1.82, 2.24) is 24.8 Å². The fourth-order valence-corrected chi connectivity index (χ4v) is 4.46. The number of hydrogen-bond acceptors (Lipinski definition) is 5. The number of nitrogens with one attached hydrogen (secondary N) is 1. The first-order valence-electron chi connectivity index (χ1n) is 11.3. The number of benzene rings is 2. The van der Waals surface area contributed by atoms with Crippen LogP contribution < -0.4 is 11.1 Å². The van der Waals surface area contributed by atoms with Crippen molar-refractivity contribution in [1.29, 1.82) is 0 Å². The maximum Gasteiger partial charge on any atom is 0.257 e. The number of fused-ring (bicyclic) bond motifs is 2. The van der Waals surface area contributed by atoms with E-state index in [1.165, 1.54) is 19.3 Å². The van der Waals surface area contributed by atoms with E-state index in [-0.39, 0.29) is 5.91 Å². The third kappa shape index (κ3) is 4.03. The van der Waals surface area contributed by atoms with Crippen LogP contribution in [0.3, 0.4) is 0 Å². The predicted octanol–water partition coefficient (Wildman–Crippen LogP) is 3.58. The number of nitrogen functional groups attached to an aromatic ring is 1. The molecule has 0 saturated carbocycles. The van der Waals surface area contributed by atoms with Gasteiger partial charge in [0, 0.05) is 19.6 Å². The van der Waals surface area contributed by atoms with Gasteiger partial charge in [0.1, 0.15) is 16.9 Å². The molecule has 0 spiro atoms. The van der Waals surface area contributed by atoms with Crippen LogP contribution in [0.4, 0.5) is 5.82 Å². The molecular formula is C25H28N6O. The number of aromatic nitrogens is 3. The Kier molecular flexibility index (Phi) is 5.73. The summed E-state index contributed by atoms with van der Waals surface area (Å²) in [5.41, 5.74) is 10.8. The standard InChI is InChI=1S/C25H28N6O/c26-23-21(25(32)27-17-18-9-3-1-4-10-18)22-24(29-20-12-6-5-11-19(20)28-22)31(23)16-15-30-13-7-2-8-14-30/h1,3-6,9-12H,2,7-8,13-17,26H2,(H,27,32). The van der Waals surface area contributed by atoms with Crippen molar-refractivity contribution in [3.8, 4) is 0 Å². The summed E-state index contributed by atoms with van der Waals surface area (Å²) in [7, 11) is 0. The van der Waals surface area contributed by atoms with Crippen LogP contribution in [0.25, 0.3) is 22.2 Å². The summed E-state index contributed by atoms with van der Waals surface area (Å²) < 4.78 is 1.96. The van der Waals surface area contributed by atoms with Gasteiger partial charge in [-0.3, -0.25) is 4.79 Å². The summed E-state index contributed by atoms with van der Waals surface area (Å²) in [5, 5.41) is 3.00. The highest BCUT2D eigenvalue weighted by Gasteiger charge is 2.24. The van der Waals surface area contributed by atoms with Gasteiger partial charge in [0.25, 0.3) is 5.91 Å². The van der Waals surface area contributed by atoms with Crippen molar-refractivity contribution < 1.29 is 4.79 Å². The third-order valence-electron chi connectivity index (χ3n) is 6.20. The van der Waals surface area contributed by atoms with Gasteiger partial charge in [0.05, 0.1) is 11.0 Å². The van der Waals surface area contributed by atoms with Crippen LogP contribution in [0.1, 0.15) is 35.2 Å². The van der Waals surface area contributed by atoms with E-state index in [0.29, 0.717) is 35.6 Å². The van der Waals surface area contributed by atoms with E-state index in [0.717, 1.165) is 36.2 Å². The first-order valence-corrected chi connectivity index (χ1v) is 11.3. The lowest BCUT2D eigenvalue weighted by atomic mass is 10.1. The molecule has 7 heteroatoms. The summed E-state index contributed by atoms with van der Waals surface area (Å²) in [5.74, 6) is 0.204. The molecule has 0 aliphatic carbocycles. The van der Waals surface area contributed by atoms with E-state index < -0.39 is 0 Å². The van der Waals surface area contributed by atoms with Crippen molar-refractivity contribution >= 4 is 33.9 Å². The third-order valence-corrected chi connectivity index (χ3v) is 6.20. The van der Waals surface area contributed by atoms with E-state index in [2.05, 4.69) is 10.2 Å². The van der Waals surface area contributed by atoms with Crippen LogP contribution in [0, 0.1) is 0 Å². The Labute approximate surface area is 187 Å². The average molecular weight is 429 g/mol. The molecule has 3 N–H and O–H groups in total. The molecule has 7 nitrogen and oxygen atoms in total. The SMILES string of the molecule is Nc1c(C(=O)NCc2ccccc2)c2nc3ccccc3nc2n1CCN1CCCCC1. The van der Waals surface area contributed by atoms with E-state index in [9.17, 15) is 4.79 Å². The summed E-state index contributed by atoms with van der Waals surface area (Å²) in [6.07, 6.45) is 3.77. The molecule has 4 aromatic rings. The molecule has 1 amide bonds. The molecule has 1 saturated heterocycles. The molecule has 3 heterocycles. The minimum Gasteiger partial charge on any atom is -0.384 e. The molecule has 0 radical (unpaired) electrons. The second kappa shape index (κ2) is 8.96. The number of anilines is 1. The van der Waals surface area contributed by atoms with Crippen molar-refractivity contribution in [3.05, 3.63) is 65.7 Å².